The van der Waals surface area contributed by atoms with Crippen LogP contribution < -0.4 is 4.72 Å². The van der Waals surface area contributed by atoms with Crippen LogP contribution in [0.2, 0.25) is 0 Å². The predicted octanol–water partition coefficient (Wildman–Crippen LogP) is 3.03. The van der Waals surface area contributed by atoms with Crippen LogP contribution in [0, 0.1) is 13.8 Å². The maximum absolute atomic E-state index is 12.4. The largest absolute Gasteiger partial charge is 0.301 e. The summed E-state index contributed by atoms with van der Waals surface area (Å²) in [5.41, 5.74) is 4.16. The Bertz CT molecular complexity index is 768. The van der Waals surface area contributed by atoms with Gasteiger partial charge in [0.1, 0.15) is 0 Å². The number of benzene rings is 2. The summed E-state index contributed by atoms with van der Waals surface area (Å²) >= 11 is 0. The first-order valence-electron chi connectivity index (χ1n) is 8.03. The third-order valence-corrected chi connectivity index (χ3v) is 5.34. The molecule has 0 bridgehead atoms. The van der Waals surface area contributed by atoms with Crippen LogP contribution in [0.4, 0.5) is 0 Å². The van der Waals surface area contributed by atoms with Gasteiger partial charge in [0.25, 0.3) is 0 Å². The van der Waals surface area contributed by atoms with Crippen LogP contribution in [0.1, 0.15) is 28.3 Å². The van der Waals surface area contributed by atoms with E-state index in [0.29, 0.717) is 6.54 Å². The summed E-state index contributed by atoms with van der Waals surface area (Å²) in [6.45, 7) is 4.35. The fourth-order valence-corrected chi connectivity index (χ4v) is 3.80. The zero-order valence-corrected chi connectivity index (χ0v) is 15.6. The summed E-state index contributed by atoms with van der Waals surface area (Å²) in [6.07, 6.45) is 0. The Hall–Kier alpha value is -1.69. The minimum atomic E-state index is -3.37. The molecule has 0 radical (unpaired) electrons. The molecule has 0 amide bonds. The number of nitrogens with one attached hydrogen (secondary N) is 1. The maximum Gasteiger partial charge on any atom is 0.215 e. The van der Waals surface area contributed by atoms with Crippen molar-refractivity contribution in [2.45, 2.75) is 25.6 Å². The third kappa shape index (κ3) is 5.44. The Kier molecular flexibility index (Phi) is 6.15. The number of sulfonamides is 1. The van der Waals surface area contributed by atoms with Crippen LogP contribution in [-0.4, -0.2) is 34.0 Å². The van der Waals surface area contributed by atoms with Gasteiger partial charge in [-0.15, -0.1) is 0 Å². The maximum atomic E-state index is 12.4. The number of hydrogen-bond acceptors (Lipinski definition) is 3. The van der Waals surface area contributed by atoms with Crippen LogP contribution in [-0.2, 0) is 15.8 Å². The molecule has 0 aliphatic rings. The van der Waals surface area contributed by atoms with Crippen molar-refractivity contribution in [1.82, 2.24) is 9.62 Å². The highest BCUT2D eigenvalue weighted by Gasteiger charge is 2.18. The molecule has 5 heteroatoms. The van der Waals surface area contributed by atoms with Crippen molar-refractivity contribution in [2.75, 3.05) is 20.6 Å². The van der Waals surface area contributed by atoms with Gasteiger partial charge >= 0.3 is 0 Å². The highest BCUT2D eigenvalue weighted by molar-refractivity contribution is 7.88. The van der Waals surface area contributed by atoms with Gasteiger partial charge < -0.3 is 4.90 Å². The molecule has 130 valence electrons. The zero-order valence-electron chi connectivity index (χ0n) is 14.8. The Morgan fingerprint density at radius 3 is 2.25 bits per heavy atom. The molecule has 0 aromatic heterocycles. The molecular weight excluding hydrogens is 320 g/mol. The Labute approximate surface area is 145 Å². The van der Waals surface area contributed by atoms with Crippen LogP contribution in [0.3, 0.4) is 0 Å². The van der Waals surface area contributed by atoms with Gasteiger partial charge in [0.2, 0.25) is 10.0 Å². The number of likely N-dealkylation sites (N-methyl/N-ethyl adjacent to an activating group) is 1. The van der Waals surface area contributed by atoms with Gasteiger partial charge in [0.05, 0.1) is 5.75 Å². The molecule has 24 heavy (non-hydrogen) atoms. The second-order valence-electron chi connectivity index (χ2n) is 6.49. The quantitative estimate of drug-likeness (QED) is 0.838. The standard InChI is InChI=1S/C19H26N2O2S/c1-15-8-10-18(11-9-15)19(21(3)4)13-20-24(22,23)14-17-7-5-6-16(2)12-17/h5-12,19-20H,13-14H2,1-4H3. The van der Waals surface area contributed by atoms with Crippen molar-refractivity contribution in [3.8, 4) is 0 Å². The summed E-state index contributed by atoms with van der Waals surface area (Å²) in [5, 5.41) is 0. The lowest BCUT2D eigenvalue weighted by Gasteiger charge is -2.25. The van der Waals surface area contributed by atoms with Crippen molar-refractivity contribution >= 4 is 10.0 Å². The number of nitrogens with zero attached hydrogens (tertiary/aromatic N) is 1. The first-order chi connectivity index (χ1) is 11.3. The van der Waals surface area contributed by atoms with Crippen molar-refractivity contribution in [1.29, 1.82) is 0 Å². The van der Waals surface area contributed by atoms with E-state index >= 15 is 0 Å². The molecule has 0 fully saturated rings. The Balaban J connectivity index is 2.06. The Morgan fingerprint density at radius 1 is 1.00 bits per heavy atom. The summed E-state index contributed by atoms with van der Waals surface area (Å²) in [4.78, 5) is 2.03. The lowest BCUT2D eigenvalue weighted by atomic mass is 10.0. The van der Waals surface area contributed by atoms with E-state index in [1.807, 2.05) is 69.2 Å². The number of hydrogen-bond donors (Lipinski definition) is 1. The smallest absolute Gasteiger partial charge is 0.215 e. The van der Waals surface area contributed by atoms with Gasteiger partial charge in [-0.05, 0) is 39.1 Å². The van der Waals surface area contributed by atoms with E-state index in [0.717, 1.165) is 16.7 Å². The lowest BCUT2D eigenvalue weighted by Crippen LogP contribution is -2.35. The van der Waals surface area contributed by atoms with Crippen molar-refractivity contribution in [3.63, 3.8) is 0 Å². The summed E-state index contributed by atoms with van der Waals surface area (Å²) < 4.78 is 27.5. The fourth-order valence-electron chi connectivity index (χ4n) is 2.67. The highest BCUT2D eigenvalue weighted by atomic mass is 32.2. The van der Waals surface area contributed by atoms with Gasteiger partial charge in [0.15, 0.2) is 0 Å². The molecule has 2 aromatic rings. The molecule has 0 saturated heterocycles. The summed E-state index contributed by atoms with van der Waals surface area (Å²) in [5.74, 6) is 0.00270. The molecular formula is C19H26N2O2S. The second kappa shape index (κ2) is 7.92. The summed E-state index contributed by atoms with van der Waals surface area (Å²) in [7, 11) is 0.543. The van der Waals surface area contributed by atoms with E-state index in [1.54, 1.807) is 0 Å². The minimum Gasteiger partial charge on any atom is -0.301 e. The predicted molar refractivity (Wildman–Crippen MR) is 99.4 cm³/mol. The average Bonchev–Trinajstić information content (AvgIpc) is 2.48. The topological polar surface area (TPSA) is 49.4 Å². The number of rotatable bonds is 7. The average molecular weight is 346 g/mol. The zero-order chi connectivity index (χ0) is 17.7. The molecule has 2 aromatic carbocycles. The SMILES string of the molecule is Cc1ccc(C(CNS(=O)(=O)Cc2cccc(C)c2)N(C)C)cc1. The molecule has 0 heterocycles. The first-order valence-corrected chi connectivity index (χ1v) is 9.68. The molecule has 4 nitrogen and oxygen atoms in total. The molecule has 0 saturated carbocycles. The molecule has 2 rings (SSSR count). The van der Waals surface area contributed by atoms with E-state index in [4.69, 9.17) is 0 Å². The third-order valence-electron chi connectivity index (χ3n) is 4.02. The normalized spacial score (nSPS) is 13.2. The monoisotopic (exact) mass is 346 g/mol. The highest BCUT2D eigenvalue weighted by Crippen LogP contribution is 2.18. The molecule has 1 N–H and O–H groups in total. The van der Waals surface area contributed by atoms with E-state index in [9.17, 15) is 8.42 Å². The van der Waals surface area contributed by atoms with Crippen LogP contribution in [0.15, 0.2) is 48.5 Å². The molecule has 1 unspecified atom stereocenters. The van der Waals surface area contributed by atoms with Gasteiger partial charge in [-0.25, -0.2) is 13.1 Å². The van der Waals surface area contributed by atoms with Gasteiger partial charge in [-0.2, -0.15) is 0 Å². The van der Waals surface area contributed by atoms with Crippen LogP contribution in [0.25, 0.3) is 0 Å². The van der Waals surface area contributed by atoms with Crippen molar-refractivity contribution < 1.29 is 8.42 Å². The van der Waals surface area contributed by atoms with Crippen LogP contribution in [0.5, 0.6) is 0 Å². The molecule has 0 spiro atoms. The van der Waals surface area contributed by atoms with Gasteiger partial charge in [-0.3, -0.25) is 0 Å². The van der Waals surface area contributed by atoms with Crippen molar-refractivity contribution in [2.24, 2.45) is 0 Å². The van der Waals surface area contributed by atoms with E-state index in [-0.39, 0.29) is 11.8 Å². The van der Waals surface area contributed by atoms with E-state index < -0.39 is 10.0 Å². The van der Waals surface area contributed by atoms with Gasteiger partial charge in [0, 0.05) is 12.6 Å². The molecule has 1 atom stereocenters. The number of aryl methyl sites for hydroxylation is 2. The second-order valence-corrected chi connectivity index (χ2v) is 8.29. The van der Waals surface area contributed by atoms with E-state index in [1.165, 1.54) is 5.56 Å². The lowest BCUT2D eigenvalue weighted by molar-refractivity contribution is 0.299. The first kappa shape index (κ1) is 18.6. The minimum absolute atomic E-state index is 0.00196. The fraction of sp³-hybridized carbons (Fsp3) is 0.368. The Morgan fingerprint density at radius 2 is 1.67 bits per heavy atom. The summed E-state index contributed by atoms with van der Waals surface area (Å²) in [6, 6.07) is 15.8. The van der Waals surface area contributed by atoms with Crippen molar-refractivity contribution in [3.05, 3.63) is 70.8 Å². The van der Waals surface area contributed by atoms with Crippen LogP contribution >= 0.6 is 0 Å². The van der Waals surface area contributed by atoms with Gasteiger partial charge in [-0.1, -0.05) is 59.7 Å². The molecule has 0 aliphatic carbocycles. The molecule has 0 aliphatic heterocycles. The van der Waals surface area contributed by atoms with E-state index in [2.05, 4.69) is 16.9 Å².